The molecule has 148 valence electrons. The second kappa shape index (κ2) is 7.98. The number of amides is 1. The van der Waals surface area contributed by atoms with Crippen molar-refractivity contribution < 1.29 is 17.9 Å². The van der Waals surface area contributed by atoms with E-state index in [0.29, 0.717) is 33.6 Å². The maximum Gasteiger partial charge on any atom is 0.265 e. The van der Waals surface area contributed by atoms with Gasteiger partial charge in [-0.2, -0.15) is 0 Å². The predicted octanol–water partition coefficient (Wildman–Crippen LogP) is 4.60. The summed E-state index contributed by atoms with van der Waals surface area (Å²) >= 11 is 7.43. The highest BCUT2D eigenvalue weighted by Gasteiger charge is 2.17. The van der Waals surface area contributed by atoms with Crippen LogP contribution in [0.25, 0.3) is 10.1 Å². The Balaban J connectivity index is 1.87. The van der Waals surface area contributed by atoms with Crippen LogP contribution in [0.5, 0.6) is 5.75 Å². The van der Waals surface area contributed by atoms with Crippen molar-refractivity contribution in [2.24, 2.45) is 0 Å². The van der Waals surface area contributed by atoms with E-state index in [-0.39, 0.29) is 5.91 Å². The maximum absolute atomic E-state index is 12.6. The van der Waals surface area contributed by atoms with Gasteiger partial charge in [0.1, 0.15) is 5.75 Å². The van der Waals surface area contributed by atoms with Gasteiger partial charge in [0, 0.05) is 16.9 Å². The lowest BCUT2D eigenvalue weighted by atomic mass is 10.2. The first kappa shape index (κ1) is 20.4. The molecule has 0 spiro atoms. The van der Waals surface area contributed by atoms with Crippen LogP contribution >= 0.6 is 22.9 Å². The number of methoxy groups -OCH3 is 1. The number of sulfonamides is 1. The van der Waals surface area contributed by atoms with Crippen LogP contribution in [-0.4, -0.2) is 34.2 Å². The molecular weight excluding hydrogens is 420 g/mol. The number of hydrogen-bond acceptors (Lipinski definition) is 5. The van der Waals surface area contributed by atoms with Gasteiger partial charge >= 0.3 is 0 Å². The molecule has 3 rings (SSSR count). The van der Waals surface area contributed by atoms with Gasteiger partial charge in [0.25, 0.3) is 5.91 Å². The van der Waals surface area contributed by atoms with E-state index in [1.54, 1.807) is 43.3 Å². The lowest BCUT2D eigenvalue weighted by Crippen LogP contribution is -2.29. The van der Waals surface area contributed by atoms with E-state index in [0.717, 1.165) is 10.1 Å². The van der Waals surface area contributed by atoms with E-state index in [1.165, 1.54) is 29.0 Å². The Kier molecular flexibility index (Phi) is 5.83. The average Bonchev–Trinajstić information content (AvgIpc) is 3.05. The Labute approximate surface area is 172 Å². The number of fused-ring (bicyclic) bond motifs is 1. The lowest BCUT2D eigenvalue weighted by Gasteiger charge is -2.20. The quantitative estimate of drug-likeness (QED) is 0.610. The number of halogens is 1. The molecule has 1 amide bonds. The van der Waals surface area contributed by atoms with Gasteiger partial charge in [-0.15, -0.1) is 11.3 Å². The zero-order valence-electron chi connectivity index (χ0n) is 15.5. The number of carbonyl (C=O) groups excluding carboxylic acids is 1. The third-order valence-corrected chi connectivity index (χ3v) is 6.79. The molecule has 0 aliphatic heterocycles. The van der Waals surface area contributed by atoms with Gasteiger partial charge < -0.3 is 10.1 Å². The summed E-state index contributed by atoms with van der Waals surface area (Å²) in [6, 6.07) is 12.1. The van der Waals surface area contributed by atoms with Gasteiger partial charge in [-0.1, -0.05) is 11.6 Å². The fourth-order valence-electron chi connectivity index (χ4n) is 2.84. The minimum Gasteiger partial charge on any atom is -0.495 e. The van der Waals surface area contributed by atoms with E-state index in [1.807, 2.05) is 6.07 Å². The molecule has 1 aromatic heterocycles. The molecule has 0 atom stereocenters. The summed E-state index contributed by atoms with van der Waals surface area (Å²) in [7, 11) is -1.84. The molecule has 6 nitrogen and oxygen atoms in total. The Bertz CT molecular complexity index is 1140. The SMILES string of the molecule is CCN(c1ccc2sc(C(=O)Nc3ccc(OC)c(Cl)c3)cc2c1)S(C)(=O)=O. The fraction of sp³-hybridized carbons (Fsp3) is 0.211. The first-order chi connectivity index (χ1) is 13.2. The second-order valence-electron chi connectivity index (χ2n) is 6.06. The molecule has 28 heavy (non-hydrogen) atoms. The number of rotatable bonds is 6. The van der Waals surface area contributed by atoms with Crippen molar-refractivity contribution >= 4 is 60.3 Å². The number of benzene rings is 2. The highest BCUT2D eigenvalue weighted by Crippen LogP contribution is 2.32. The second-order valence-corrected chi connectivity index (χ2v) is 9.46. The van der Waals surface area contributed by atoms with Crippen molar-refractivity contribution in [3.63, 3.8) is 0 Å². The van der Waals surface area contributed by atoms with E-state index in [2.05, 4.69) is 5.32 Å². The molecule has 0 bridgehead atoms. The van der Waals surface area contributed by atoms with Crippen LogP contribution in [-0.2, 0) is 10.0 Å². The van der Waals surface area contributed by atoms with Crippen molar-refractivity contribution in [1.29, 1.82) is 0 Å². The standard InChI is InChI=1S/C19H19ClN2O4S2/c1-4-22(28(3,24)25)14-6-8-17-12(9-14)10-18(27-17)19(23)21-13-5-7-16(26-2)15(20)11-13/h5-11H,4H2,1-3H3,(H,21,23). The lowest BCUT2D eigenvalue weighted by molar-refractivity contribution is 0.103. The van der Waals surface area contributed by atoms with Gasteiger partial charge in [0.05, 0.1) is 29.0 Å². The topological polar surface area (TPSA) is 75.7 Å². The summed E-state index contributed by atoms with van der Waals surface area (Å²) < 4.78 is 31.2. The Morgan fingerprint density at radius 3 is 2.57 bits per heavy atom. The summed E-state index contributed by atoms with van der Waals surface area (Å²) in [6.45, 7) is 2.11. The normalized spacial score (nSPS) is 11.4. The summed E-state index contributed by atoms with van der Waals surface area (Å²) in [4.78, 5) is 13.1. The molecule has 0 aliphatic carbocycles. The van der Waals surface area contributed by atoms with E-state index < -0.39 is 10.0 Å². The first-order valence-corrected chi connectivity index (χ1v) is 11.4. The highest BCUT2D eigenvalue weighted by atomic mass is 35.5. The molecule has 0 unspecified atom stereocenters. The maximum atomic E-state index is 12.6. The highest BCUT2D eigenvalue weighted by molar-refractivity contribution is 7.92. The Morgan fingerprint density at radius 2 is 1.96 bits per heavy atom. The zero-order chi connectivity index (χ0) is 20.5. The fourth-order valence-corrected chi connectivity index (χ4v) is 5.00. The van der Waals surface area contributed by atoms with E-state index in [9.17, 15) is 13.2 Å². The van der Waals surface area contributed by atoms with Crippen LogP contribution in [0.15, 0.2) is 42.5 Å². The number of ether oxygens (including phenoxy) is 1. The van der Waals surface area contributed by atoms with Crippen molar-refractivity contribution in [2.45, 2.75) is 6.92 Å². The van der Waals surface area contributed by atoms with Crippen molar-refractivity contribution in [1.82, 2.24) is 0 Å². The summed E-state index contributed by atoms with van der Waals surface area (Å²) in [6.07, 6.45) is 1.17. The predicted molar refractivity (Wildman–Crippen MR) is 116 cm³/mol. The summed E-state index contributed by atoms with van der Waals surface area (Å²) in [5, 5.41) is 4.02. The zero-order valence-corrected chi connectivity index (χ0v) is 17.9. The molecule has 0 aliphatic rings. The van der Waals surface area contributed by atoms with Crippen LogP contribution < -0.4 is 14.4 Å². The molecule has 0 saturated carbocycles. The first-order valence-electron chi connectivity index (χ1n) is 8.39. The van der Waals surface area contributed by atoms with Crippen molar-refractivity contribution in [2.75, 3.05) is 29.5 Å². The molecule has 3 aromatic rings. The average molecular weight is 439 g/mol. The number of thiophene rings is 1. The molecule has 1 heterocycles. The van der Waals surface area contributed by atoms with Gasteiger partial charge in [0.2, 0.25) is 10.0 Å². The van der Waals surface area contributed by atoms with Crippen molar-refractivity contribution in [3.8, 4) is 5.75 Å². The number of carbonyl (C=O) groups is 1. The van der Waals surface area contributed by atoms with Crippen LogP contribution in [0.1, 0.15) is 16.6 Å². The molecule has 0 fully saturated rings. The largest absolute Gasteiger partial charge is 0.495 e. The van der Waals surface area contributed by atoms with E-state index >= 15 is 0 Å². The Hall–Kier alpha value is -2.29. The molecule has 2 aromatic carbocycles. The van der Waals surface area contributed by atoms with Crippen LogP contribution in [0.3, 0.4) is 0 Å². The Morgan fingerprint density at radius 1 is 1.21 bits per heavy atom. The number of hydrogen-bond donors (Lipinski definition) is 1. The minimum absolute atomic E-state index is 0.264. The summed E-state index contributed by atoms with van der Waals surface area (Å²) in [5.41, 5.74) is 1.13. The van der Waals surface area contributed by atoms with Crippen molar-refractivity contribution in [3.05, 3.63) is 52.4 Å². The molecule has 0 saturated heterocycles. The molecular formula is C19H19ClN2O4S2. The monoisotopic (exact) mass is 438 g/mol. The third-order valence-electron chi connectivity index (χ3n) is 4.11. The number of nitrogens with zero attached hydrogens (tertiary/aromatic N) is 1. The number of anilines is 2. The smallest absolute Gasteiger partial charge is 0.265 e. The van der Waals surface area contributed by atoms with Gasteiger partial charge in [-0.05, 0) is 54.8 Å². The van der Waals surface area contributed by atoms with Gasteiger partial charge in [-0.25, -0.2) is 8.42 Å². The van der Waals surface area contributed by atoms with Gasteiger partial charge in [-0.3, -0.25) is 9.10 Å². The number of nitrogens with one attached hydrogen (secondary N) is 1. The molecule has 1 N–H and O–H groups in total. The van der Waals surface area contributed by atoms with Crippen LogP contribution in [0, 0.1) is 0 Å². The van der Waals surface area contributed by atoms with Crippen LogP contribution in [0.4, 0.5) is 11.4 Å². The molecule has 0 radical (unpaired) electrons. The van der Waals surface area contributed by atoms with Crippen LogP contribution in [0.2, 0.25) is 5.02 Å². The minimum atomic E-state index is -3.36. The van der Waals surface area contributed by atoms with Gasteiger partial charge in [0.15, 0.2) is 0 Å². The summed E-state index contributed by atoms with van der Waals surface area (Å²) in [5.74, 6) is 0.264. The van der Waals surface area contributed by atoms with E-state index in [4.69, 9.17) is 16.3 Å². The molecule has 9 heteroatoms. The third kappa shape index (κ3) is 4.24.